The van der Waals surface area contributed by atoms with Gasteiger partial charge in [-0.3, -0.25) is 4.79 Å². The van der Waals surface area contributed by atoms with Gasteiger partial charge in [-0.05, 0) is 48.4 Å². The number of amides is 1. The molecule has 1 atom stereocenters. The molecule has 0 radical (unpaired) electrons. The molecule has 1 unspecified atom stereocenters. The molecular weight excluding hydrogens is 541 g/mol. The van der Waals surface area contributed by atoms with E-state index in [4.69, 9.17) is 5.73 Å². The lowest BCUT2D eigenvalue weighted by Crippen LogP contribution is -2.49. The fourth-order valence-electron chi connectivity index (χ4n) is 4.82. The van der Waals surface area contributed by atoms with E-state index in [-0.39, 0.29) is 37.6 Å². The minimum atomic E-state index is -5.10. The lowest BCUT2D eigenvalue weighted by Gasteiger charge is -2.42. The average molecular weight is 563 g/mol. The zero-order valence-electron chi connectivity index (χ0n) is 20.1. The number of benzene rings is 2. The first-order chi connectivity index (χ1) is 18.0. The summed E-state index contributed by atoms with van der Waals surface area (Å²) < 4.78 is 123. The molecule has 1 aliphatic carbocycles. The van der Waals surface area contributed by atoms with Crippen LogP contribution in [0.1, 0.15) is 23.1 Å². The largest absolute Gasteiger partial charge is 0.416 e. The molecule has 13 heteroatoms. The molecule has 39 heavy (non-hydrogen) atoms. The molecule has 1 saturated heterocycles. The molecule has 1 fully saturated rings. The summed E-state index contributed by atoms with van der Waals surface area (Å²) in [6, 6.07) is 7.49. The van der Waals surface area contributed by atoms with Gasteiger partial charge in [0.15, 0.2) is 0 Å². The third-order valence-corrected chi connectivity index (χ3v) is 6.90. The number of carbonyl (C=O) groups is 1. The van der Waals surface area contributed by atoms with E-state index in [9.17, 15) is 44.3 Å². The standard InChI is InChI=1S/C26H22F9N3O/c27-24(28,29)18-4-1-3-17(12-18)23(26(33,34)35)14-16(22(36)39)11-21(15-23)38-9-7-37(8-10-38)20-6-2-5-19(13-20)25(30,31)32/h1-6,11-13,15H,7-10,14H2,(H2,36,39). The second-order valence-electron chi connectivity index (χ2n) is 9.35. The zero-order valence-corrected chi connectivity index (χ0v) is 20.1. The Kier molecular flexibility index (Phi) is 7.15. The van der Waals surface area contributed by atoms with Gasteiger partial charge >= 0.3 is 18.5 Å². The lowest BCUT2D eigenvalue weighted by molar-refractivity contribution is -0.177. The highest BCUT2D eigenvalue weighted by atomic mass is 19.4. The summed E-state index contributed by atoms with van der Waals surface area (Å²) in [5.41, 5.74) is -0.635. The number of allylic oxidation sites excluding steroid dienone is 2. The Morgan fingerprint density at radius 3 is 1.85 bits per heavy atom. The van der Waals surface area contributed by atoms with Crippen molar-refractivity contribution in [3.05, 3.63) is 88.6 Å². The summed E-state index contributed by atoms with van der Waals surface area (Å²) >= 11 is 0. The molecule has 4 nitrogen and oxygen atoms in total. The third-order valence-electron chi connectivity index (χ3n) is 6.90. The maximum absolute atomic E-state index is 14.7. The molecule has 0 saturated carbocycles. The number of primary amides is 1. The number of halogens is 9. The number of carbonyl (C=O) groups excluding carboxylic acids is 1. The van der Waals surface area contributed by atoms with Crippen molar-refractivity contribution in [2.75, 3.05) is 31.1 Å². The van der Waals surface area contributed by atoms with Crippen LogP contribution in [0.15, 0.2) is 72.0 Å². The molecule has 0 spiro atoms. The van der Waals surface area contributed by atoms with Crippen molar-refractivity contribution in [1.29, 1.82) is 0 Å². The molecule has 1 aliphatic heterocycles. The molecule has 2 aromatic carbocycles. The monoisotopic (exact) mass is 563 g/mol. The van der Waals surface area contributed by atoms with Crippen LogP contribution in [0.5, 0.6) is 0 Å². The van der Waals surface area contributed by atoms with Crippen LogP contribution in [0.4, 0.5) is 45.2 Å². The quantitative estimate of drug-likeness (QED) is 0.462. The van der Waals surface area contributed by atoms with Gasteiger partial charge in [0.1, 0.15) is 5.41 Å². The van der Waals surface area contributed by atoms with Gasteiger partial charge in [-0.15, -0.1) is 0 Å². The van der Waals surface area contributed by atoms with Gasteiger partial charge in [0.05, 0.1) is 11.1 Å². The van der Waals surface area contributed by atoms with Crippen LogP contribution in [-0.4, -0.2) is 43.2 Å². The lowest BCUT2D eigenvalue weighted by atomic mass is 9.71. The van der Waals surface area contributed by atoms with E-state index in [1.54, 1.807) is 4.90 Å². The maximum atomic E-state index is 14.7. The highest BCUT2D eigenvalue weighted by Crippen LogP contribution is 2.50. The summed E-state index contributed by atoms with van der Waals surface area (Å²) in [6.45, 7) is 0.421. The third kappa shape index (κ3) is 5.71. The fourth-order valence-corrected chi connectivity index (χ4v) is 4.82. The smallest absolute Gasteiger partial charge is 0.368 e. The van der Waals surface area contributed by atoms with Crippen molar-refractivity contribution in [2.24, 2.45) is 5.73 Å². The second kappa shape index (κ2) is 9.83. The van der Waals surface area contributed by atoms with Crippen molar-refractivity contribution in [3.63, 3.8) is 0 Å². The van der Waals surface area contributed by atoms with Gasteiger partial charge in [-0.1, -0.05) is 24.3 Å². The average Bonchev–Trinajstić information content (AvgIpc) is 2.87. The van der Waals surface area contributed by atoms with Crippen molar-refractivity contribution in [2.45, 2.75) is 30.4 Å². The van der Waals surface area contributed by atoms with Crippen LogP contribution in [-0.2, 0) is 22.6 Å². The number of hydrogen-bond donors (Lipinski definition) is 1. The van der Waals surface area contributed by atoms with E-state index < -0.39 is 58.5 Å². The van der Waals surface area contributed by atoms with Crippen molar-refractivity contribution < 1.29 is 44.3 Å². The number of nitrogens with zero attached hydrogens (tertiary/aromatic N) is 2. The molecule has 0 aromatic heterocycles. The first kappa shape index (κ1) is 28.4. The van der Waals surface area contributed by atoms with E-state index in [2.05, 4.69) is 0 Å². The molecule has 2 aliphatic rings. The molecule has 2 N–H and O–H groups in total. The van der Waals surface area contributed by atoms with Crippen LogP contribution in [0.25, 0.3) is 0 Å². The van der Waals surface area contributed by atoms with Gasteiger partial charge in [0.25, 0.3) is 0 Å². The van der Waals surface area contributed by atoms with Crippen molar-refractivity contribution >= 4 is 11.6 Å². The van der Waals surface area contributed by atoms with Gasteiger partial charge in [0, 0.05) is 43.1 Å². The summed E-state index contributed by atoms with van der Waals surface area (Å²) in [6.07, 6.45) is -13.6. The second-order valence-corrected chi connectivity index (χ2v) is 9.35. The summed E-state index contributed by atoms with van der Waals surface area (Å²) in [4.78, 5) is 15.2. The summed E-state index contributed by atoms with van der Waals surface area (Å²) in [5.74, 6) is -1.15. The van der Waals surface area contributed by atoms with Crippen molar-refractivity contribution in [3.8, 4) is 0 Å². The minimum Gasteiger partial charge on any atom is -0.368 e. The Morgan fingerprint density at radius 1 is 0.769 bits per heavy atom. The van der Waals surface area contributed by atoms with Crippen LogP contribution < -0.4 is 10.6 Å². The number of piperazine rings is 1. The maximum Gasteiger partial charge on any atom is 0.416 e. The predicted octanol–water partition coefficient (Wildman–Crippen LogP) is 6.05. The van der Waals surface area contributed by atoms with Crippen LogP contribution in [0.2, 0.25) is 0 Å². The Balaban J connectivity index is 1.69. The molecule has 210 valence electrons. The number of rotatable bonds is 4. The molecule has 2 aromatic rings. The zero-order chi connectivity index (χ0) is 28.8. The Hall–Kier alpha value is -3.64. The molecule has 4 rings (SSSR count). The molecule has 1 amide bonds. The summed E-state index contributed by atoms with van der Waals surface area (Å²) in [5, 5.41) is 0. The Labute approximate surface area is 217 Å². The van der Waals surface area contributed by atoms with E-state index in [0.717, 1.165) is 30.3 Å². The van der Waals surface area contributed by atoms with Crippen LogP contribution in [0.3, 0.4) is 0 Å². The van der Waals surface area contributed by atoms with E-state index in [1.807, 2.05) is 0 Å². The first-order valence-electron chi connectivity index (χ1n) is 11.7. The molecule has 0 bridgehead atoms. The van der Waals surface area contributed by atoms with E-state index in [1.165, 1.54) is 23.1 Å². The molecule has 1 heterocycles. The van der Waals surface area contributed by atoms with Crippen LogP contribution >= 0.6 is 0 Å². The minimum absolute atomic E-state index is 0.0616. The van der Waals surface area contributed by atoms with E-state index >= 15 is 0 Å². The summed E-state index contributed by atoms with van der Waals surface area (Å²) in [7, 11) is 0. The number of anilines is 1. The van der Waals surface area contributed by atoms with Crippen molar-refractivity contribution in [1.82, 2.24) is 4.90 Å². The number of nitrogens with two attached hydrogens (primary N) is 1. The van der Waals surface area contributed by atoms with Gasteiger partial charge in [0.2, 0.25) is 5.91 Å². The van der Waals surface area contributed by atoms with E-state index in [0.29, 0.717) is 12.1 Å². The van der Waals surface area contributed by atoms with Gasteiger partial charge in [-0.25, -0.2) is 0 Å². The SMILES string of the molecule is NC(=O)C1=CC(N2CCN(c3cccc(C(F)(F)F)c3)CC2)=CC(c2cccc(C(F)(F)F)c2)(C(F)(F)F)C1. The molecular formula is C26H22F9N3O. The topological polar surface area (TPSA) is 49.6 Å². The van der Waals surface area contributed by atoms with Gasteiger partial charge < -0.3 is 15.5 Å². The predicted molar refractivity (Wildman–Crippen MR) is 124 cm³/mol. The highest BCUT2D eigenvalue weighted by Gasteiger charge is 2.57. The van der Waals surface area contributed by atoms with Gasteiger partial charge in [-0.2, -0.15) is 39.5 Å². The Morgan fingerprint density at radius 2 is 1.31 bits per heavy atom. The number of hydrogen-bond acceptors (Lipinski definition) is 3. The number of alkyl halides is 9. The first-order valence-corrected chi connectivity index (χ1v) is 11.7. The fraction of sp³-hybridized carbons (Fsp3) is 0.346. The highest BCUT2D eigenvalue weighted by molar-refractivity contribution is 5.93. The normalized spacial score (nSPS) is 20.9. The Bertz CT molecular complexity index is 1300. The van der Waals surface area contributed by atoms with Crippen LogP contribution in [0, 0.1) is 0 Å².